The third-order valence-corrected chi connectivity index (χ3v) is 3.33. The average molecular weight is 349 g/mol. The largest absolute Gasteiger partial charge is 1.00 e. The van der Waals surface area contributed by atoms with Crippen molar-refractivity contribution in [2.75, 3.05) is 6.54 Å². The third-order valence-electron chi connectivity index (χ3n) is 3.33. The smallest absolute Gasteiger partial charge is 0.416 e. The molecule has 0 bridgehead atoms. The van der Waals surface area contributed by atoms with Crippen LogP contribution >= 0.6 is 0 Å². The Hall–Kier alpha value is -0.590. The van der Waals surface area contributed by atoms with Gasteiger partial charge in [0.25, 0.3) is 6.33 Å². The second-order valence-electron chi connectivity index (χ2n) is 4.52. The van der Waals surface area contributed by atoms with Crippen molar-refractivity contribution in [3.05, 3.63) is 18.7 Å². The molecule has 4 nitrogen and oxygen atoms in total. The topological polar surface area (TPSA) is 29.1 Å². The van der Waals surface area contributed by atoms with Crippen molar-refractivity contribution >= 4 is 6.03 Å². The molecule has 0 radical (unpaired) electrons. The Kier molecular flexibility index (Phi) is 5.42. The molecular weight excluding hydrogens is 329 g/mol. The van der Waals surface area contributed by atoms with Crippen LogP contribution in [0.1, 0.15) is 32.6 Å². The van der Waals surface area contributed by atoms with Gasteiger partial charge >= 0.3 is 6.03 Å². The van der Waals surface area contributed by atoms with Crippen molar-refractivity contribution in [1.29, 1.82) is 0 Å². The molecule has 2 heterocycles. The minimum absolute atomic E-state index is 0. The fourth-order valence-electron chi connectivity index (χ4n) is 2.39. The number of hydrogen-bond donors (Lipinski definition) is 0. The number of likely N-dealkylation sites (tertiary alicyclic amines) is 1. The molecule has 0 saturated carbocycles. The minimum Gasteiger partial charge on any atom is -1.00 e. The number of halogens is 1. The monoisotopic (exact) mass is 349 g/mol. The fraction of sp³-hybridized carbons (Fsp3) is 0.667. The molecule has 0 aliphatic carbocycles. The first-order valence-electron chi connectivity index (χ1n) is 6.06. The Balaban J connectivity index is 0.00000144. The van der Waals surface area contributed by atoms with Crippen molar-refractivity contribution in [1.82, 2.24) is 9.47 Å². The zero-order valence-electron chi connectivity index (χ0n) is 10.5. The number of piperidine rings is 1. The predicted octanol–water partition coefficient (Wildman–Crippen LogP) is -1.45. The highest BCUT2D eigenvalue weighted by molar-refractivity contribution is 5.76. The van der Waals surface area contributed by atoms with Gasteiger partial charge in [-0.2, -0.15) is 4.57 Å². The quantitative estimate of drug-likeness (QED) is 0.451. The number of carbonyl (C=O) groups excluding carboxylic acids is 1. The van der Waals surface area contributed by atoms with E-state index in [-0.39, 0.29) is 30.0 Å². The summed E-state index contributed by atoms with van der Waals surface area (Å²) in [6.07, 6.45) is 10.1. The maximum absolute atomic E-state index is 12.3. The van der Waals surface area contributed by atoms with Crippen LogP contribution in [0.5, 0.6) is 0 Å². The molecule has 96 valence electrons. The lowest BCUT2D eigenvalue weighted by atomic mass is 10.0. The zero-order valence-corrected chi connectivity index (χ0v) is 12.6. The molecular formula is C12H20IN3O. The van der Waals surface area contributed by atoms with Gasteiger partial charge in [-0.25, -0.2) is 9.36 Å². The van der Waals surface area contributed by atoms with Crippen molar-refractivity contribution < 1.29 is 33.3 Å². The van der Waals surface area contributed by atoms with E-state index in [9.17, 15) is 4.79 Å². The Morgan fingerprint density at radius 1 is 1.47 bits per heavy atom. The molecule has 0 spiro atoms. The van der Waals surface area contributed by atoms with Crippen molar-refractivity contribution in [2.45, 2.75) is 38.6 Å². The van der Waals surface area contributed by atoms with Crippen LogP contribution in [0, 0.1) is 0 Å². The van der Waals surface area contributed by atoms with Gasteiger partial charge in [0.05, 0.1) is 7.05 Å². The summed E-state index contributed by atoms with van der Waals surface area (Å²) in [6, 6.07) is 0.543. The molecule has 2 rings (SSSR count). The summed E-state index contributed by atoms with van der Waals surface area (Å²) in [4.78, 5) is 14.3. The molecule has 1 amide bonds. The summed E-state index contributed by atoms with van der Waals surface area (Å²) in [7, 11) is 1.93. The van der Waals surface area contributed by atoms with Gasteiger partial charge < -0.3 is 28.9 Å². The van der Waals surface area contributed by atoms with Crippen LogP contribution in [-0.4, -0.2) is 28.1 Å². The van der Waals surface area contributed by atoms with E-state index in [0.29, 0.717) is 6.04 Å². The van der Waals surface area contributed by atoms with Gasteiger partial charge in [0.15, 0.2) is 0 Å². The van der Waals surface area contributed by atoms with Gasteiger partial charge in [-0.05, 0) is 25.7 Å². The normalized spacial score (nSPS) is 19.9. The van der Waals surface area contributed by atoms with Gasteiger partial charge in [0, 0.05) is 12.6 Å². The highest BCUT2D eigenvalue weighted by Gasteiger charge is 2.29. The molecule has 1 saturated heterocycles. The Labute approximate surface area is 120 Å². The molecule has 17 heavy (non-hydrogen) atoms. The first-order chi connectivity index (χ1) is 7.72. The van der Waals surface area contributed by atoms with Crippen LogP contribution in [0.25, 0.3) is 0 Å². The summed E-state index contributed by atoms with van der Waals surface area (Å²) in [5.41, 5.74) is 0. The molecule has 1 aromatic heterocycles. The predicted molar refractivity (Wildman–Crippen MR) is 61.0 cm³/mol. The third kappa shape index (κ3) is 3.20. The maximum atomic E-state index is 12.3. The van der Waals surface area contributed by atoms with E-state index >= 15 is 0 Å². The number of imidazole rings is 1. The van der Waals surface area contributed by atoms with E-state index in [2.05, 4.69) is 6.92 Å². The van der Waals surface area contributed by atoms with E-state index < -0.39 is 0 Å². The van der Waals surface area contributed by atoms with Crippen molar-refractivity contribution in [3.8, 4) is 0 Å². The molecule has 1 aromatic rings. The van der Waals surface area contributed by atoms with E-state index in [1.807, 2.05) is 35.2 Å². The van der Waals surface area contributed by atoms with Gasteiger partial charge in [-0.15, -0.1) is 0 Å². The van der Waals surface area contributed by atoms with Crippen LogP contribution in [0.15, 0.2) is 18.7 Å². The maximum Gasteiger partial charge on any atom is 0.416 e. The number of hydrogen-bond acceptors (Lipinski definition) is 1. The van der Waals surface area contributed by atoms with Crippen LogP contribution in [0.3, 0.4) is 0 Å². The van der Waals surface area contributed by atoms with E-state index in [1.165, 1.54) is 6.42 Å². The molecule has 1 unspecified atom stereocenters. The zero-order chi connectivity index (χ0) is 11.5. The van der Waals surface area contributed by atoms with Gasteiger partial charge in [-0.3, -0.25) is 0 Å². The highest BCUT2D eigenvalue weighted by atomic mass is 127. The SMILES string of the molecule is CCC1CCCCN1C(=O)n1cc[n+](C)c1.[I-]. The van der Waals surface area contributed by atoms with E-state index in [4.69, 9.17) is 0 Å². The average Bonchev–Trinajstić information content (AvgIpc) is 2.75. The Morgan fingerprint density at radius 2 is 2.24 bits per heavy atom. The van der Waals surface area contributed by atoms with Crippen LogP contribution in [0.4, 0.5) is 4.79 Å². The lowest BCUT2D eigenvalue weighted by molar-refractivity contribution is -0.670. The molecule has 5 heteroatoms. The highest BCUT2D eigenvalue weighted by Crippen LogP contribution is 2.20. The minimum atomic E-state index is 0. The van der Waals surface area contributed by atoms with Gasteiger partial charge in [0.2, 0.25) is 0 Å². The number of amides is 1. The van der Waals surface area contributed by atoms with Crippen molar-refractivity contribution in [3.63, 3.8) is 0 Å². The lowest BCUT2D eigenvalue weighted by Crippen LogP contribution is -3.00. The summed E-state index contributed by atoms with van der Waals surface area (Å²) in [5.74, 6) is 0. The molecule has 1 aliphatic heterocycles. The molecule has 0 N–H and O–H groups in total. The van der Waals surface area contributed by atoms with Crippen LogP contribution in [0.2, 0.25) is 0 Å². The Morgan fingerprint density at radius 3 is 2.82 bits per heavy atom. The number of aryl methyl sites for hydroxylation is 1. The second kappa shape index (κ2) is 6.37. The standard InChI is InChI=1S/C12H20N3O.HI/c1-3-11-6-4-5-7-15(11)12(16)14-9-8-13(2)10-14;/h8-11H,3-7H2,1-2H3;1H/q+1;/p-1. The van der Waals surface area contributed by atoms with Crippen molar-refractivity contribution in [2.24, 2.45) is 7.05 Å². The van der Waals surface area contributed by atoms with Gasteiger partial charge in [0.1, 0.15) is 12.4 Å². The summed E-state index contributed by atoms with van der Waals surface area (Å²) >= 11 is 0. The summed E-state index contributed by atoms with van der Waals surface area (Å²) in [6.45, 7) is 3.06. The number of aromatic nitrogens is 2. The molecule has 1 atom stereocenters. The number of nitrogens with zero attached hydrogens (tertiary/aromatic N) is 3. The lowest BCUT2D eigenvalue weighted by Gasteiger charge is -2.33. The Bertz CT molecular complexity index is 378. The number of carbonyl (C=O) groups is 1. The van der Waals surface area contributed by atoms with E-state index in [0.717, 1.165) is 25.8 Å². The summed E-state index contributed by atoms with van der Waals surface area (Å²) in [5, 5.41) is 0. The van der Waals surface area contributed by atoms with Gasteiger partial charge in [-0.1, -0.05) is 6.92 Å². The van der Waals surface area contributed by atoms with E-state index in [1.54, 1.807) is 4.57 Å². The molecule has 0 aromatic carbocycles. The van der Waals surface area contributed by atoms with Crippen LogP contribution < -0.4 is 28.5 Å². The molecule has 1 aliphatic rings. The number of rotatable bonds is 1. The van der Waals surface area contributed by atoms with Crippen LogP contribution in [-0.2, 0) is 7.05 Å². The fourth-order valence-corrected chi connectivity index (χ4v) is 2.39. The molecule has 1 fully saturated rings. The first kappa shape index (κ1) is 14.5. The second-order valence-corrected chi connectivity index (χ2v) is 4.52. The first-order valence-corrected chi connectivity index (χ1v) is 6.06. The summed E-state index contributed by atoms with van der Waals surface area (Å²) < 4.78 is 3.57.